The van der Waals surface area contributed by atoms with E-state index in [9.17, 15) is 0 Å². The first-order valence-corrected chi connectivity index (χ1v) is 11.3. The average Bonchev–Trinajstić information content (AvgIpc) is 2.80. The van der Waals surface area contributed by atoms with Crippen molar-refractivity contribution in [1.29, 1.82) is 0 Å². The van der Waals surface area contributed by atoms with Crippen molar-refractivity contribution in [3.05, 3.63) is 23.8 Å². The molecular formula is C23H40IN5O2. The Labute approximate surface area is 205 Å². The molecule has 1 N–H and O–H groups in total. The number of piperidine rings is 1. The summed E-state index contributed by atoms with van der Waals surface area (Å²) in [5.74, 6) is 3.56. The molecule has 1 aromatic rings. The van der Waals surface area contributed by atoms with Gasteiger partial charge in [0.25, 0.3) is 0 Å². The summed E-state index contributed by atoms with van der Waals surface area (Å²) < 4.78 is 10.9. The predicted octanol–water partition coefficient (Wildman–Crippen LogP) is 2.75. The van der Waals surface area contributed by atoms with Gasteiger partial charge in [-0.15, -0.1) is 24.0 Å². The Bertz CT molecular complexity index is 695. The number of rotatable bonds is 7. The van der Waals surface area contributed by atoms with Crippen LogP contribution < -0.4 is 14.8 Å². The summed E-state index contributed by atoms with van der Waals surface area (Å²) in [5, 5.41) is 3.65. The fraction of sp³-hybridized carbons (Fsp3) is 0.696. The number of hydrogen-bond acceptors (Lipinski definition) is 5. The number of guanidine groups is 1. The Morgan fingerprint density at radius 2 is 1.87 bits per heavy atom. The Kier molecular flexibility index (Phi) is 11.2. The zero-order chi connectivity index (χ0) is 21.3. The minimum atomic E-state index is 0. The van der Waals surface area contributed by atoms with Crippen LogP contribution >= 0.6 is 24.0 Å². The van der Waals surface area contributed by atoms with Crippen molar-refractivity contribution in [3.8, 4) is 11.5 Å². The highest BCUT2D eigenvalue weighted by Crippen LogP contribution is 2.25. The molecular weight excluding hydrogens is 505 g/mol. The lowest BCUT2D eigenvalue weighted by Crippen LogP contribution is -2.53. The van der Waals surface area contributed by atoms with E-state index >= 15 is 0 Å². The molecule has 1 atom stereocenters. The number of methoxy groups -OCH3 is 2. The molecule has 0 aliphatic carbocycles. The van der Waals surface area contributed by atoms with E-state index in [0.29, 0.717) is 0 Å². The third-order valence-electron chi connectivity index (χ3n) is 6.36. The van der Waals surface area contributed by atoms with E-state index in [0.717, 1.165) is 69.2 Å². The van der Waals surface area contributed by atoms with Crippen LogP contribution in [0, 0.1) is 5.92 Å². The second kappa shape index (κ2) is 13.3. The van der Waals surface area contributed by atoms with E-state index in [4.69, 9.17) is 9.47 Å². The largest absolute Gasteiger partial charge is 0.497 e. The molecule has 31 heavy (non-hydrogen) atoms. The average molecular weight is 546 g/mol. The minimum absolute atomic E-state index is 0. The van der Waals surface area contributed by atoms with E-state index in [2.05, 4.69) is 38.0 Å². The highest BCUT2D eigenvalue weighted by molar-refractivity contribution is 14.0. The van der Waals surface area contributed by atoms with E-state index in [1.165, 1.54) is 31.5 Å². The van der Waals surface area contributed by atoms with Gasteiger partial charge in [-0.1, -0.05) is 6.92 Å². The first kappa shape index (κ1) is 26.0. The van der Waals surface area contributed by atoms with Gasteiger partial charge in [0.05, 0.1) is 14.2 Å². The highest BCUT2D eigenvalue weighted by Gasteiger charge is 2.23. The molecule has 2 saturated heterocycles. The van der Waals surface area contributed by atoms with Gasteiger partial charge in [0, 0.05) is 58.4 Å². The molecule has 7 nitrogen and oxygen atoms in total. The number of piperazine rings is 1. The summed E-state index contributed by atoms with van der Waals surface area (Å²) in [7, 11) is 5.33. The zero-order valence-electron chi connectivity index (χ0n) is 19.6. The van der Waals surface area contributed by atoms with Gasteiger partial charge in [-0.25, -0.2) is 0 Å². The number of ether oxygens (including phenoxy) is 2. The van der Waals surface area contributed by atoms with Gasteiger partial charge in [-0.3, -0.25) is 9.89 Å². The summed E-state index contributed by atoms with van der Waals surface area (Å²) >= 11 is 0. The fourth-order valence-electron chi connectivity index (χ4n) is 4.54. The molecule has 176 valence electrons. The first-order valence-electron chi connectivity index (χ1n) is 11.3. The molecule has 0 bridgehead atoms. The maximum absolute atomic E-state index is 5.54. The van der Waals surface area contributed by atoms with Crippen molar-refractivity contribution in [2.75, 3.05) is 73.6 Å². The Morgan fingerprint density at radius 3 is 2.52 bits per heavy atom. The summed E-state index contributed by atoms with van der Waals surface area (Å²) in [6.07, 6.45) is 2.63. The molecule has 8 heteroatoms. The second-order valence-electron chi connectivity index (χ2n) is 8.27. The minimum Gasteiger partial charge on any atom is -0.497 e. The molecule has 2 heterocycles. The molecule has 3 rings (SSSR count). The second-order valence-corrected chi connectivity index (χ2v) is 8.27. The third kappa shape index (κ3) is 7.39. The lowest BCUT2D eigenvalue weighted by molar-refractivity contribution is 0.166. The van der Waals surface area contributed by atoms with E-state index in [1.54, 1.807) is 14.2 Å². The zero-order valence-corrected chi connectivity index (χ0v) is 21.9. The van der Waals surface area contributed by atoms with Crippen LogP contribution in [0.2, 0.25) is 0 Å². The van der Waals surface area contributed by atoms with Gasteiger partial charge >= 0.3 is 0 Å². The van der Waals surface area contributed by atoms with Gasteiger partial charge in [0.15, 0.2) is 5.96 Å². The number of likely N-dealkylation sites (tertiary alicyclic amines) is 1. The number of benzene rings is 1. The van der Waals surface area contributed by atoms with Crippen LogP contribution in [-0.2, 0) is 6.54 Å². The van der Waals surface area contributed by atoms with Crippen LogP contribution in [0.4, 0.5) is 0 Å². The summed E-state index contributed by atoms with van der Waals surface area (Å²) in [4.78, 5) is 12.0. The maximum Gasteiger partial charge on any atom is 0.193 e. The number of halogens is 1. The number of hydrogen-bond donors (Lipinski definition) is 1. The van der Waals surface area contributed by atoms with Crippen molar-refractivity contribution in [2.45, 2.75) is 26.3 Å². The van der Waals surface area contributed by atoms with Crippen LogP contribution in [0.5, 0.6) is 11.5 Å². The van der Waals surface area contributed by atoms with Gasteiger partial charge < -0.3 is 24.6 Å². The molecule has 0 radical (unpaired) electrons. The van der Waals surface area contributed by atoms with Crippen LogP contribution in [-0.4, -0.2) is 94.3 Å². The molecule has 0 saturated carbocycles. The molecule has 1 aromatic carbocycles. The van der Waals surface area contributed by atoms with E-state index in [1.807, 2.05) is 19.2 Å². The van der Waals surface area contributed by atoms with Crippen molar-refractivity contribution >= 4 is 29.9 Å². The van der Waals surface area contributed by atoms with Gasteiger partial charge in [-0.05, 0) is 50.0 Å². The molecule has 2 fully saturated rings. The molecule has 0 spiro atoms. The van der Waals surface area contributed by atoms with Crippen molar-refractivity contribution in [1.82, 2.24) is 20.0 Å². The monoisotopic (exact) mass is 545 g/mol. The Morgan fingerprint density at radius 1 is 1.10 bits per heavy atom. The molecule has 0 amide bonds. The summed E-state index contributed by atoms with van der Waals surface area (Å²) in [5.41, 5.74) is 1.17. The molecule has 2 aliphatic rings. The van der Waals surface area contributed by atoms with Crippen molar-refractivity contribution in [2.24, 2.45) is 10.9 Å². The van der Waals surface area contributed by atoms with Crippen LogP contribution in [0.3, 0.4) is 0 Å². The number of aliphatic imine (C=N–C) groups is 1. The van der Waals surface area contributed by atoms with Crippen LogP contribution in [0.1, 0.15) is 25.3 Å². The van der Waals surface area contributed by atoms with E-state index < -0.39 is 0 Å². The fourth-order valence-corrected chi connectivity index (χ4v) is 4.54. The molecule has 0 aromatic heterocycles. The van der Waals surface area contributed by atoms with Crippen LogP contribution in [0.15, 0.2) is 23.2 Å². The lowest BCUT2D eigenvalue weighted by atomic mass is 9.98. The van der Waals surface area contributed by atoms with Crippen molar-refractivity contribution in [3.63, 3.8) is 0 Å². The third-order valence-corrected chi connectivity index (χ3v) is 6.36. The predicted molar refractivity (Wildman–Crippen MR) is 138 cm³/mol. The highest BCUT2D eigenvalue weighted by atomic mass is 127. The normalized spacial score (nSPS) is 20.8. The first-order chi connectivity index (χ1) is 14.7. The Balaban J connectivity index is 0.00000341. The van der Waals surface area contributed by atoms with Crippen molar-refractivity contribution < 1.29 is 9.47 Å². The lowest BCUT2D eigenvalue weighted by Gasteiger charge is -2.37. The standard InChI is InChI=1S/C23H39N5O2.HI/c1-5-26-10-6-7-19(17-26)16-25-23(24-2)28-13-11-27(12-14-28)18-20-15-21(29-3)8-9-22(20)30-4;/h8-9,15,19H,5-7,10-14,16-18H2,1-4H3,(H,24,25);1H. The smallest absolute Gasteiger partial charge is 0.193 e. The maximum atomic E-state index is 5.54. The van der Waals surface area contributed by atoms with Crippen LogP contribution in [0.25, 0.3) is 0 Å². The summed E-state index contributed by atoms with van der Waals surface area (Å²) in [6, 6.07) is 6.01. The number of nitrogens with one attached hydrogen (secondary N) is 1. The van der Waals surface area contributed by atoms with Gasteiger partial charge in [0.1, 0.15) is 11.5 Å². The van der Waals surface area contributed by atoms with E-state index in [-0.39, 0.29) is 24.0 Å². The van der Waals surface area contributed by atoms with Gasteiger partial charge in [-0.2, -0.15) is 0 Å². The topological polar surface area (TPSA) is 52.6 Å². The van der Waals surface area contributed by atoms with Gasteiger partial charge in [0.2, 0.25) is 0 Å². The molecule has 1 unspecified atom stereocenters. The Hall–Kier alpha value is -1.26. The number of nitrogens with zero attached hydrogens (tertiary/aromatic N) is 4. The molecule has 2 aliphatic heterocycles. The quantitative estimate of drug-likeness (QED) is 0.323. The SMILES string of the molecule is CCN1CCCC(CNC(=NC)N2CCN(Cc3cc(OC)ccc3OC)CC2)C1.I. The summed E-state index contributed by atoms with van der Waals surface area (Å²) in [6.45, 7) is 11.7.